The third-order valence-corrected chi connectivity index (χ3v) is 8.81. The normalized spacial score (nSPS) is 16.4. The van der Waals surface area contributed by atoms with E-state index in [0.717, 1.165) is 12.1 Å². The number of ether oxygens (including phenoxy) is 2. The van der Waals surface area contributed by atoms with Crippen molar-refractivity contribution in [1.29, 1.82) is 0 Å². The molecule has 2 bridgehead atoms. The van der Waals surface area contributed by atoms with Crippen LogP contribution in [0.15, 0.2) is 83.7 Å². The topological polar surface area (TPSA) is 136 Å². The van der Waals surface area contributed by atoms with Gasteiger partial charge in [0.2, 0.25) is 0 Å². The first-order valence-electron chi connectivity index (χ1n) is 14.9. The summed E-state index contributed by atoms with van der Waals surface area (Å²) in [7, 11) is 2.42. The minimum Gasteiger partial charge on any atom is -0.465 e. The molecule has 12 heteroatoms. The molecule has 0 aliphatic carbocycles. The van der Waals surface area contributed by atoms with Gasteiger partial charge in [-0.2, -0.15) is 0 Å². The van der Waals surface area contributed by atoms with Gasteiger partial charge >= 0.3 is 11.9 Å². The molecule has 11 nitrogen and oxygen atoms in total. The number of piperidine rings is 1. The second-order valence-electron chi connectivity index (χ2n) is 11.5. The van der Waals surface area contributed by atoms with Crippen molar-refractivity contribution in [2.75, 3.05) is 42.8 Å². The van der Waals surface area contributed by atoms with Crippen LogP contribution in [-0.2, 0) is 16.0 Å². The number of nitrogens with one attached hydrogen (secondary N) is 2. The molecule has 2 aliphatic rings. The molecule has 0 saturated carbocycles. The molecule has 2 N–H and O–H groups in total. The maximum atomic E-state index is 13.6. The van der Waals surface area contributed by atoms with Gasteiger partial charge in [0.25, 0.3) is 17.4 Å². The number of hydrogen-bond acceptors (Lipinski definition) is 8. The number of hydrogen-bond donors (Lipinski definition) is 2. The highest BCUT2D eigenvalue weighted by atomic mass is 35.5. The Balaban J connectivity index is 1.34. The van der Waals surface area contributed by atoms with Gasteiger partial charge in [-0.25, -0.2) is 9.59 Å². The predicted molar refractivity (Wildman–Crippen MR) is 177 cm³/mol. The van der Waals surface area contributed by atoms with E-state index in [1.54, 1.807) is 54.6 Å². The summed E-state index contributed by atoms with van der Waals surface area (Å²) in [5.41, 5.74) is 2.83. The zero-order valence-electron chi connectivity index (χ0n) is 25.6. The van der Waals surface area contributed by atoms with E-state index in [2.05, 4.69) is 15.5 Å². The number of pyridine rings is 1. The average molecular weight is 655 g/mol. The van der Waals surface area contributed by atoms with Crippen LogP contribution >= 0.6 is 11.6 Å². The lowest BCUT2D eigenvalue weighted by atomic mass is 9.83. The second-order valence-corrected chi connectivity index (χ2v) is 11.9. The average Bonchev–Trinajstić information content (AvgIpc) is 3.07. The standard InChI is InChI=1S/C35H31ClN4O7/c1-46-34(44)22-13-23(35(45)47-2)15-25(14-22)37-32(42)21-10-11-30(28(16-21)38-33(43)26-6-3-4-7-27(26)36)39-17-20-12-24(19-39)29-8-5-9-31(41)40(29)18-20/h3-11,13-16,20,24H,12,17-19H2,1-2H3,(H,37,42)(H,38,43)/t20-,24+/m1/s1. The number of carbonyl (C=O) groups is 4. The van der Waals surface area contributed by atoms with E-state index < -0.39 is 23.8 Å². The fourth-order valence-electron chi connectivity index (χ4n) is 6.36. The molecule has 0 unspecified atom stereocenters. The minimum atomic E-state index is -0.695. The number of fused-ring (bicyclic) bond motifs is 4. The largest absolute Gasteiger partial charge is 0.465 e. The molecule has 47 heavy (non-hydrogen) atoms. The maximum Gasteiger partial charge on any atom is 0.337 e. The summed E-state index contributed by atoms with van der Waals surface area (Å²) in [6.45, 7) is 1.85. The highest BCUT2D eigenvalue weighted by Crippen LogP contribution is 2.39. The lowest BCUT2D eigenvalue weighted by Gasteiger charge is -2.44. The summed E-state index contributed by atoms with van der Waals surface area (Å²) in [5, 5.41) is 5.97. The van der Waals surface area contributed by atoms with E-state index >= 15 is 0 Å². The molecular weight excluding hydrogens is 624 g/mol. The highest BCUT2D eigenvalue weighted by Gasteiger charge is 2.35. The van der Waals surface area contributed by atoms with Crippen LogP contribution in [0, 0.1) is 5.92 Å². The molecule has 4 aromatic rings. The Morgan fingerprint density at radius 3 is 2.19 bits per heavy atom. The van der Waals surface area contributed by atoms with Crippen molar-refractivity contribution in [3.63, 3.8) is 0 Å². The van der Waals surface area contributed by atoms with Gasteiger partial charge in [0.05, 0.1) is 47.3 Å². The molecular formula is C35H31ClN4O7. The van der Waals surface area contributed by atoms with Gasteiger partial charge in [-0.05, 0) is 66.9 Å². The molecule has 1 fully saturated rings. The van der Waals surface area contributed by atoms with Gasteiger partial charge in [0, 0.05) is 48.6 Å². The number of amides is 2. The van der Waals surface area contributed by atoms with Crippen molar-refractivity contribution in [2.24, 2.45) is 5.92 Å². The first kappa shape index (κ1) is 31.6. The highest BCUT2D eigenvalue weighted by molar-refractivity contribution is 6.34. The van der Waals surface area contributed by atoms with Crippen LogP contribution in [0.2, 0.25) is 5.02 Å². The monoisotopic (exact) mass is 654 g/mol. The molecule has 2 aliphatic heterocycles. The van der Waals surface area contributed by atoms with Crippen molar-refractivity contribution >= 4 is 52.4 Å². The van der Waals surface area contributed by atoms with Crippen LogP contribution in [0.5, 0.6) is 0 Å². The Labute approximate surface area is 275 Å². The van der Waals surface area contributed by atoms with Crippen molar-refractivity contribution in [2.45, 2.75) is 18.9 Å². The fourth-order valence-corrected chi connectivity index (χ4v) is 6.58. The van der Waals surface area contributed by atoms with Crippen LogP contribution < -0.4 is 21.1 Å². The van der Waals surface area contributed by atoms with Gasteiger partial charge < -0.3 is 29.6 Å². The Kier molecular flexibility index (Phi) is 8.82. The number of halogens is 1. The van der Waals surface area contributed by atoms with Crippen LogP contribution in [0.3, 0.4) is 0 Å². The number of aromatic nitrogens is 1. The molecule has 0 spiro atoms. The van der Waals surface area contributed by atoms with E-state index in [1.165, 1.54) is 32.4 Å². The van der Waals surface area contributed by atoms with Crippen molar-refractivity contribution < 1.29 is 28.7 Å². The smallest absolute Gasteiger partial charge is 0.337 e. The Morgan fingerprint density at radius 1 is 0.766 bits per heavy atom. The van der Waals surface area contributed by atoms with Crippen molar-refractivity contribution in [1.82, 2.24) is 4.57 Å². The van der Waals surface area contributed by atoms with Crippen molar-refractivity contribution in [3.8, 4) is 0 Å². The first-order chi connectivity index (χ1) is 22.6. The number of esters is 2. The summed E-state index contributed by atoms with van der Waals surface area (Å²) < 4.78 is 11.4. The zero-order chi connectivity index (χ0) is 33.2. The molecule has 1 saturated heterocycles. The summed E-state index contributed by atoms with van der Waals surface area (Å²) in [4.78, 5) is 66.3. The minimum absolute atomic E-state index is 0.00969. The van der Waals surface area contributed by atoms with E-state index in [9.17, 15) is 24.0 Å². The van der Waals surface area contributed by atoms with Crippen LogP contribution in [0.25, 0.3) is 0 Å². The third kappa shape index (κ3) is 6.48. The predicted octanol–water partition coefficient (Wildman–Crippen LogP) is 5.20. The van der Waals surface area contributed by atoms with Crippen LogP contribution in [-0.4, -0.2) is 55.6 Å². The van der Waals surface area contributed by atoms with Gasteiger partial charge in [-0.1, -0.05) is 29.8 Å². The van der Waals surface area contributed by atoms with Crippen LogP contribution in [0.4, 0.5) is 17.1 Å². The lowest BCUT2D eigenvalue weighted by molar-refractivity contribution is 0.0598. The van der Waals surface area contributed by atoms with Gasteiger partial charge in [0.15, 0.2) is 0 Å². The van der Waals surface area contributed by atoms with E-state index in [4.69, 9.17) is 21.1 Å². The Bertz CT molecular complexity index is 1940. The van der Waals surface area contributed by atoms with Gasteiger partial charge in [-0.15, -0.1) is 0 Å². The SMILES string of the molecule is COC(=O)c1cc(NC(=O)c2ccc(N3C[C@H]4C[C@@H](C3)c3cccc(=O)n3C4)c(NC(=O)c3ccccc3Cl)c2)cc(C(=O)OC)c1. The number of carbonyl (C=O) groups excluding carboxylic acids is 4. The van der Waals surface area contributed by atoms with Crippen LogP contribution in [0.1, 0.15) is 59.5 Å². The van der Waals surface area contributed by atoms with E-state index in [-0.39, 0.29) is 50.4 Å². The summed E-state index contributed by atoms with van der Waals surface area (Å²) in [6.07, 6.45) is 0.944. The molecule has 240 valence electrons. The summed E-state index contributed by atoms with van der Waals surface area (Å²) >= 11 is 6.33. The maximum absolute atomic E-state index is 13.6. The molecule has 0 radical (unpaired) electrons. The van der Waals surface area contributed by atoms with E-state index in [0.29, 0.717) is 31.0 Å². The number of rotatable bonds is 7. The molecule has 2 atom stereocenters. The third-order valence-electron chi connectivity index (χ3n) is 8.48. The van der Waals surface area contributed by atoms with Crippen molar-refractivity contribution in [3.05, 3.63) is 122 Å². The number of nitrogens with zero attached hydrogens (tertiary/aromatic N) is 2. The molecule has 3 heterocycles. The lowest BCUT2D eigenvalue weighted by Crippen LogP contribution is -2.47. The zero-order valence-corrected chi connectivity index (χ0v) is 26.4. The fraction of sp³-hybridized carbons (Fsp3) is 0.229. The quantitative estimate of drug-likeness (QED) is 0.260. The molecule has 2 amide bonds. The van der Waals surface area contributed by atoms with Gasteiger partial charge in [-0.3, -0.25) is 14.4 Å². The second kappa shape index (κ2) is 13.1. The first-order valence-corrected chi connectivity index (χ1v) is 15.3. The molecule has 3 aromatic carbocycles. The number of benzene rings is 3. The number of anilines is 3. The summed E-state index contributed by atoms with van der Waals surface area (Å²) in [6, 6.07) is 21.1. The summed E-state index contributed by atoms with van der Waals surface area (Å²) in [5.74, 6) is -2.07. The van der Waals surface area contributed by atoms with Gasteiger partial charge in [0.1, 0.15) is 0 Å². The Morgan fingerprint density at radius 2 is 1.49 bits per heavy atom. The molecule has 6 rings (SSSR count). The van der Waals surface area contributed by atoms with E-state index in [1.807, 2.05) is 10.6 Å². The number of methoxy groups -OCH3 is 2. The Hall–Kier alpha value is -5.42. The molecule has 1 aromatic heterocycles.